The number of aromatic nitrogens is 1. The molecule has 2 heteroatoms. The number of rotatable bonds is 5. The first-order chi connectivity index (χ1) is 7.83. The Morgan fingerprint density at radius 2 is 2.12 bits per heavy atom. The Hall–Kier alpha value is -1.05. The lowest BCUT2D eigenvalue weighted by Gasteiger charge is -2.14. The molecule has 1 aliphatic carbocycles. The van der Waals surface area contributed by atoms with Crippen LogP contribution in [0.2, 0.25) is 0 Å². The van der Waals surface area contributed by atoms with Crippen LogP contribution in [0.25, 0.3) is 0 Å². The Morgan fingerprint density at radius 3 is 2.94 bits per heavy atom. The molecule has 1 aliphatic rings. The number of carbonyl (C=O) groups excluding carboxylic acids is 1. The molecule has 0 amide bonds. The van der Waals surface area contributed by atoms with Crippen LogP contribution in [0.15, 0.2) is 12.3 Å². The van der Waals surface area contributed by atoms with E-state index in [2.05, 4.69) is 17.7 Å². The lowest BCUT2D eigenvalue weighted by molar-refractivity contribution is 0.0971. The van der Waals surface area contributed by atoms with Gasteiger partial charge in [0.2, 0.25) is 0 Å². The molecule has 0 aromatic carbocycles. The second-order valence-electron chi connectivity index (χ2n) is 4.71. The van der Waals surface area contributed by atoms with Crippen molar-refractivity contribution in [1.82, 2.24) is 4.57 Å². The summed E-state index contributed by atoms with van der Waals surface area (Å²) < 4.78 is 2.29. The van der Waals surface area contributed by atoms with Crippen molar-refractivity contribution in [3.63, 3.8) is 0 Å². The first-order valence-electron chi connectivity index (χ1n) is 6.54. The molecule has 0 radical (unpaired) electrons. The van der Waals surface area contributed by atoms with Gasteiger partial charge in [-0.2, -0.15) is 0 Å². The van der Waals surface area contributed by atoms with Crippen molar-refractivity contribution in [2.45, 2.75) is 58.4 Å². The SMILES string of the molecule is CCCCCCn1ccc2c1CCCC2=O. The summed E-state index contributed by atoms with van der Waals surface area (Å²) >= 11 is 0. The summed E-state index contributed by atoms with van der Waals surface area (Å²) in [7, 11) is 0. The summed E-state index contributed by atoms with van der Waals surface area (Å²) in [5, 5.41) is 0. The average Bonchev–Trinajstić information content (AvgIpc) is 2.70. The molecule has 1 aromatic rings. The minimum Gasteiger partial charge on any atom is -0.351 e. The van der Waals surface area contributed by atoms with Gasteiger partial charge < -0.3 is 4.57 Å². The molecule has 0 bridgehead atoms. The topological polar surface area (TPSA) is 22.0 Å². The maximum absolute atomic E-state index is 11.7. The molecule has 0 N–H and O–H groups in total. The summed E-state index contributed by atoms with van der Waals surface area (Å²) in [6.45, 7) is 3.32. The lowest BCUT2D eigenvalue weighted by Crippen LogP contribution is -2.13. The molecule has 0 spiro atoms. The van der Waals surface area contributed by atoms with Gasteiger partial charge in [-0.1, -0.05) is 26.2 Å². The van der Waals surface area contributed by atoms with Crippen LogP contribution in [0.1, 0.15) is 61.5 Å². The second kappa shape index (κ2) is 5.33. The summed E-state index contributed by atoms with van der Waals surface area (Å²) in [5.74, 6) is 0.341. The van der Waals surface area contributed by atoms with Crippen molar-refractivity contribution >= 4 is 5.78 Å². The quantitative estimate of drug-likeness (QED) is 0.694. The van der Waals surface area contributed by atoms with Crippen molar-refractivity contribution in [2.24, 2.45) is 0 Å². The van der Waals surface area contributed by atoms with Crippen molar-refractivity contribution in [1.29, 1.82) is 0 Å². The molecule has 1 heterocycles. The van der Waals surface area contributed by atoms with Gasteiger partial charge >= 0.3 is 0 Å². The number of hydrogen-bond acceptors (Lipinski definition) is 1. The van der Waals surface area contributed by atoms with Gasteiger partial charge in [0.05, 0.1) is 0 Å². The molecule has 2 nitrogen and oxygen atoms in total. The molecular weight excluding hydrogens is 198 g/mol. The smallest absolute Gasteiger partial charge is 0.164 e. The molecule has 0 saturated heterocycles. The zero-order chi connectivity index (χ0) is 11.4. The highest BCUT2D eigenvalue weighted by atomic mass is 16.1. The third-order valence-corrected chi connectivity index (χ3v) is 3.45. The molecule has 1 aromatic heterocycles. The second-order valence-corrected chi connectivity index (χ2v) is 4.71. The summed E-state index contributed by atoms with van der Waals surface area (Å²) in [6, 6.07) is 2.01. The number of nitrogens with zero attached hydrogens (tertiary/aromatic N) is 1. The Labute approximate surface area is 97.7 Å². The van der Waals surface area contributed by atoms with Gasteiger partial charge in [-0.3, -0.25) is 4.79 Å². The van der Waals surface area contributed by atoms with E-state index in [1.807, 2.05) is 6.07 Å². The van der Waals surface area contributed by atoms with Crippen LogP contribution in [0.5, 0.6) is 0 Å². The maximum atomic E-state index is 11.7. The van der Waals surface area contributed by atoms with Crippen LogP contribution in [0.3, 0.4) is 0 Å². The highest BCUT2D eigenvalue weighted by Crippen LogP contribution is 2.22. The highest BCUT2D eigenvalue weighted by molar-refractivity contribution is 5.98. The molecule has 0 atom stereocenters. The number of ketones is 1. The fourth-order valence-electron chi connectivity index (χ4n) is 2.51. The van der Waals surface area contributed by atoms with Gasteiger partial charge in [-0.05, 0) is 25.3 Å². The summed E-state index contributed by atoms with van der Waals surface area (Å²) in [5.41, 5.74) is 2.27. The van der Waals surface area contributed by atoms with E-state index in [1.165, 1.54) is 31.4 Å². The number of aryl methyl sites for hydroxylation is 1. The molecule has 0 fully saturated rings. The van der Waals surface area contributed by atoms with Crippen LogP contribution in [0, 0.1) is 0 Å². The van der Waals surface area contributed by atoms with Crippen molar-refractivity contribution in [2.75, 3.05) is 0 Å². The average molecular weight is 219 g/mol. The van der Waals surface area contributed by atoms with Crippen LogP contribution in [0.4, 0.5) is 0 Å². The van der Waals surface area contributed by atoms with Gasteiger partial charge in [0.1, 0.15) is 0 Å². The third-order valence-electron chi connectivity index (χ3n) is 3.45. The van der Waals surface area contributed by atoms with Crippen LogP contribution in [-0.2, 0) is 13.0 Å². The van der Waals surface area contributed by atoms with E-state index in [0.29, 0.717) is 5.78 Å². The third kappa shape index (κ3) is 2.37. The number of fused-ring (bicyclic) bond motifs is 1. The molecule has 0 unspecified atom stereocenters. The van der Waals surface area contributed by atoms with E-state index < -0.39 is 0 Å². The van der Waals surface area contributed by atoms with Crippen molar-refractivity contribution in [3.05, 3.63) is 23.5 Å². The fraction of sp³-hybridized carbons (Fsp3) is 0.643. The van der Waals surface area contributed by atoms with E-state index in [-0.39, 0.29) is 0 Å². The monoisotopic (exact) mass is 219 g/mol. The van der Waals surface area contributed by atoms with Crippen LogP contribution < -0.4 is 0 Å². The summed E-state index contributed by atoms with van der Waals surface area (Å²) in [4.78, 5) is 11.7. The maximum Gasteiger partial charge on any atom is 0.164 e. The lowest BCUT2D eigenvalue weighted by atomic mass is 9.97. The number of hydrogen-bond donors (Lipinski definition) is 0. The van der Waals surface area contributed by atoms with Crippen LogP contribution >= 0.6 is 0 Å². The minimum absolute atomic E-state index is 0.341. The van der Waals surface area contributed by atoms with E-state index in [4.69, 9.17) is 0 Å². The Balaban J connectivity index is 1.97. The Kier molecular flexibility index (Phi) is 3.81. The van der Waals surface area contributed by atoms with E-state index in [0.717, 1.165) is 31.4 Å². The number of Topliss-reactive ketones (excluding diaryl/α,β-unsaturated/α-hetero) is 1. The van der Waals surface area contributed by atoms with Gasteiger partial charge in [-0.25, -0.2) is 0 Å². The van der Waals surface area contributed by atoms with E-state index in [1.54, 1.807) is 0 Å². The molecule has 0 saturated carbocycles. The molecule has 88 valence electrons. The predicted molar refractivity (Wildman–Crippen MR) is 65.8 cm³/mol. The van der Waals surface area contributed by atoms with Crippen molar-refractivity contribution in [3.8, 4) is 0 Å². The van der Waals surface area contributed by atoms with Gasteiger partial charge in [0.15, 0.2) is 5.78 Å². The minimum atomic E-state index is 0.341. The molecular formula is C14H21NO. The Morgan fingerprint density at radius 1 is 1.25 bits per heavy atom. The first kappa shape index (κ1) is 11.4. The number of carbonyl (C=O) groups is 1. The molecule has 2 rings (SSSR count). The number of unbranched alkanes of at least 4 members (excludes halogenated alkanes) is 3. The highest BCUT2D eigenvalue weighted by Gasteiger charge is 2.19. The van der Waals surface area contributed by atoms with Crippen LogP contribution in [-0.4, -0.2) is 10.4 Å². The predicted octanol–water partition coefficient (Wildman–Crippen LogP) is 3.59. The molecule has 0 aliphatic heterocycles. The zero-order valence-corrected chi connectivity index (χ0v) is 10.2. The van der Waals surface area contributed by atoms with Gasteiger partial charge in [0, 0.05) is 30.4 Å². The van der Waals surface area contributed by atoms with E-state index in [9.17, 15) is 4.79 Å². The normalized spacial score (nSPS) is 15.2. The first-order valence-corrected chi connectivity index (χ1v) is 6.54. The Bertz CT molecular complexity index is 365. The largest absolute Gasteiger partial charge is 0.351 e. The summed E-state index contributed by atoms with van der Waals surface area (Å²) in [6.07, 6.45) is 10.1. The van der Waals surface area contributed by atoms with Gasteiger partial charge in [0.25, 0.3) is 0 Å². The van der Waals surface area contributed by atoms with Crippen molar-refractivity contribution < 1.29 is 4.79 Å². The zero-order valence-electron chi connectivity index (χ0n) is 10.2. The fourth-order valence-corrected chi connectivity index (χ4v) is 2.51. The standard InChI is InChI=1S/C14H21NO/c1-2-3-4-5-10-15-11-9-12-13(15)7-6-8-14(12)16/h9,11H,2-8,10H2,1H3. The molecule has 16 heavy (non-hydrogen) atoms. The van der Waals surface area contributed by atoms with Gasteiger partial charge in [-0.15, -0.1) is 0 Å². The van der Waals surface area contributed by atoms with E-state index >= 15 is 0 Å².